The second-order valence-electron chi connectivity index (χ2n) is 14.0. The highest BCUT2D eigenvalue weighted by atomic mass is 19.1. The van der Waals surface area contributed by atoms with Crippen LogP contribution in [-0.4, -0.2) is 111 Å². The van der Waals surface area contributed by atoms with Gasteiger partial charge in [-0.05, 0) is 76.8 Å². The number of nitrogens with one attached hydrogen (secondary N) is 4. The molecule has 5 aliphatic rings. The Bertz CT molecular complexity index is 1000. The van der Waals surface area contributed by atoms with Crippen molar-refractivity contribution < 1.29 is 14.0 Å². The summed E-state index contributed by atoms with van der Waals surface area (Å²) >= 11 is 0. The van der Waals surface area contributed by atoms with Crippen molar-refractivity contribution in [1.29, 1.82) is 0 Å². The van der Waals surface area contributed by atoms with Gasteiger partial charge in [0.2, 0.25) is 11.8 Å². The van der Waals surface area contributed by atoms with Crippen molar-refractivity contribution in [2.24, 2.45) is 34.4 Å². The first-order chi connectivity index (χ1) is 21.3. The van der Waals surface area contributed by atoms with Crippen LogP contribution in [0, 0.1) is 23.7 Å². The number of nitrogens with two attached hydrogens (primary N) is 1. The predicted molar refractivity (Wildman–Crippen MR) is 173 cm³/mol. The standard InChI is InChI=1S/C33H57FN8O2/c1-22-30(31(35)39-27(12-10-25(34)20-37-22)23-7-5-3-4-6-8-23)32(43)40-29-21-36-14-13-26(29)24-9-11-28(38-19-24)33(44)42-17-15-41(2)16-18-42/h12,21-26,28-31,37-39H,3-11,13-20,35H2,1-2H3,(H,40,43)/b27-12-. The number of allylic oxidation sites excluding steroid dienone is 2. The highest BCUT2D eigenvalue weighted by molar-refractivity contribution is 5.84. The van der Waals surface area contributed by atoms with Crippen molar-refractivity contribution in [3.8, 4) is 0 Å². The Balaban J connectivity index is 1.22. The number of rotatable bonds is 5. The number of piperazine rings is 1. The number of aliphatic imine (C=N–C) groups is 1. The van der Waals surface area contributed by atoms with Gasteiger partial charge in [0, 0.05) is 57.2 Å². The third kappa shape index (κ3) is 8.59. The Kier molecular flexibility index (Phi) is 12.1. The Morgan fingerprint density at radius 2 is 1.75 bits per heavy atom. The molecule has 5 rings (SSSR count). The van der Waals surface area contributed by atoms with E-state index in [4.69, 9.17) is 5.73 Å². The molecule has 0 spiro atoms. The van der Waals surface area contributed by atoms with E-state index in [0.29, 0.717) is 18.3 Å². The second-order valence-corrected chi connectivity index (χ2v) is 14.0. The van der Waals surface area contributed by atoms with Gasteiger partial charge in [-0.25, -0.2) is 4.39 Å². The number of halogens is 1. The van der Waals surface area contributed by atoms with Crippen LogP contribution in [0.4, 0.5) is 4.39 Å². The molecule has 0 radical (unpaired) electrons. The van der Waals surface area contributed by atoms with E-state index in [1.54, 1.807) is 0 Å². The third-order valence-corrected chi connectivity index (χ3v) is 10.9. The van der Waals surface area contributed by atoms with E-state index in [0.717, 1.165) is 77.1 Å². The molecule has 0 aromatic rings. The minimum Gasteiger partial charge on any atom is -0.373 e. The molecule has 4 aliphatic heterocycles. The van der Waals surface area contributed by atoms with Crippen LogP contribution in [0.3, 0.4) is 0 Å². The highest BCUT2D eigenvalue weighted by Gasteiger charge is 2.39. The monoisotopic (exact) mass is 616 g/mol. The van der Waals surface area contributed by atoms with Crippen LogP contribution >= 0.6 is 0 Å². The lowest BCUT2D eigenvalue weighted by atomic mass is 9.77. The molecule has 1 aliphatic carbocycles. The van der Waals surface area contributed by atoms with Crippen molar-refractivity contribution in [3.63, 3.8) is 0 Å². The van der Waals surface area contributed by atoms with Gasteiger partial charge in [-0.1, -0.05) is 31.8 Å². The van der Waals surface area contributed by atoms with Crippen LogP contribution in [0.1, 0.15) is 71.1 Å². The number of amides is 2. The van der Waals surface area contributed by atoms with Crippen molar-refractivity contribution >= 4 is 18.0 Å². The molecule has 2 amide bonds. The van der Waals surface area contributed by atoms with E-state index in [2.05, 4.69) is 38.2 Å². The molecular formula is C33H57FN8O2. The highest BCUT2D eigenvalue weighted by Crippen LogP contribution is 2.31. The maximum Gasteiger partial charge on any atom is 0.239 e. The lowest BCUT2D eigenvalue weighted by molar-refractivity contribution is -0.136. The van der Waals surface area contributed by atoms with Gasteiger partial charge in [0.05, 0.1) is 24.2 Å². The topological polar surface area (TPSA) is 127 Å². The first-order valence-electron chi connectivity index (χ1n) is 17.4. The molecule has 8 atom stereocenters. The van der Waals surface area contributed by atoms with Crippen molar-refractivity contribution in [1.82, 2.24) is 31.1 Å². The normalized spacial score (nSPS) is 38.1. The number of alkyl halides is 1. The van der Waals surface area contributed by atoms with Crippen molar-refractivity contribution in [2.45, 2.75) is 102 Å². The number of nitrogens with zero attached hydrogens (tertiary/aromatic N) is 3. The van der Waals surface area contributed by atoms with Crippen LogP contribution in [0.5, 0.6) is 0 Å². The lowest BCUT2D eigenvalue weighted by Gasteiger charge is -2.41. The van der Waals surface area contributed by atoms with E-state index >= 15 is 0 Å². The smallest absolute Gasteiger partial charge is 0.239 e. The van der Waals surface area contributed by atoms with E-state index in [-0.39, 0.29) is 42.4 Å². The number of carbonyl (C=O) groups is 2. The summed E-state index contributed by atoms with van der Waals surface area (Å²) in [7, 11) is 2.10. The Morgan fingerprint density at radius 1 is 1.00 bits per heavy atom. The molecule has 8 unspecified atom stereocenters. The largest absolute Gasteiger partial charge is 0.373 e. The molecule has 4 heterocycles. The van der Waals surface area contributed by atoms with E-state index < -0.39 is 18.3 Å². The third-order valence-electron chi connectivity index (χ3n) is 10.9. The van der Waals surface area contributed by atoms with Crippen LogP contribution in [-0.2, 0) is 9.59 Å². The van der Waals surface area contributed by atoms with Gasteiger partial charge < -0.3 is 36.8 Å². The fourth-order valence-corrected chi connectivity index (χ4v) is 8.03. The molecule has 0 bridgehead atoms. The number of hydrogen-bond acceptors (Lipinski definition) is 8. The van der Waals surface area contributed by atoms with Gasteiger partial charge in [-0.15, -0.1) is 0 Å². The summed E-state index contributed by atoms with van der Waals surface area (Å²) in [5, 5.41) is 13.6. The summed E-state index contributed by atoms with van der Waals surface area (Å²) in [4.78, 5) is 36.0. The first-order valence-corrected chi connectivity index (χ1v) is 17.4. The molecule has 44 heavy (non-hydrogen) atoms. The fraction of sp³-hybridized carbons (Fsp3) is 0.848. The summed E-state index contributed by atoms with van der Waals surface area (Å²) in [6, 6.07) is -0.636. The molecule has 3 fully saturated rings. The molecule has 1 saturated carbocycles. The molecule has 248 valence electrons. The molecule has 11 heteroatoms. The average Bonchev–Trinajstić information content (AvgIpc) is 3.32. The Labute approximate surface area is 263 Å². The van der Waals surface area contributed by atoms with Gasteiger partial charge >= 0.3 is 0 Å². The first kappa shape index (κ1) is 33.3. The number of piperidine rings is 1. The van der Waals surface area contributed by atoms with Crippen molar-refractivity contribution in [2.75, 3.05) is 52.9 Å². The van der Waals surface area contributed by atoms with E-state index in [1.807, 2.05) is 24.1 Å². The van der Waals surface area contributed by atoms with Crippen LogP contribution in [0.15, 0.2) is 16.8 Å². The number of carbonyl (C=O) groups excluding carboxylic acids is 2. The van der Waals surface area contributed by atoms with Crippen LogP contribution in [0.2, 0.25) is 0 Å². The van der Waals surface area contributed by atoms with Gasteiger partial charge in [-0.2, -0.15) is 0 Å². The SMILES string of the molecule is CC1NCC(F)C/C=C(/C2CCCCCC2)NC(N)C1C(=O)NC1C=NCCC1C1CCC(C(=O)N2CCN(C)CC2)NC1. The fourth-order valence-electron chi connectivity index (χ4n) is 8.03. The lowest BCUT2D eigenvalue weighted by Crippen LogP contribution is -2.60. The summed E-state index contributed by atoms with van der Waals surface area (Å²) in [6.07, 6.45) is 12.2. The molecule has 6 N–H and O–H groups in total. The zero-order valence-corrected chi connectivity index (χ0v) is 27.0. The molecular weight excluding hydrogens is 559 g/mol. The summed E-state index contributed by atoms with van der Waals surface area (Å²) in [6.45, 7) is 7.05. The van der Waals surface area contributed by atoms with E-state index in [1.165, 1.54) is 25.7 Å². The zero-order valence-electron chi connectivity index (χ0n) is 27.0. The minimum atomic E-state index is -1.02. The molecule has 0 aromatic carbocycles. The Morgan fingerprint density at radius 3 is 2.45 bits per heavy atom. The zero-order chi connectivity index (χ0) is 31.1. The van der Waals surface area contributed by atoms with Gasteiger partial charge in [0.25, 0.3) is 0 Å². The quantitative estimate of drug-likeness (QED) is 0.298. The van der Waals surface area contributed by atoms with E-state index in [9.17, 15) is 14.0 Å². The molecule has 0 aromatic heterocycles. The predicted octanol–water partition coefficient (Wildman–Crippen LogP) is 1.77. The maximum atomic E-state index is 14.9. The minimum absolute atomic E-state index is 0.128. The summed E-state index contributed by atoms with van der Waals surface area (Å²) < 4.78 is 14.9. The summed E-state index contributed by atoms with van der Waals surface area (Å²) in [5.41, 5.74) is 7.81. The molecule has 10 nitrogen and oxygen atoms in total. The molecule has 2 saturated heterocycles. The van der Waals surface area contributed by atoms with Crippen LogP contribution < -0.4 is 27.0 Å². The van der Waals surface area contributed by atoms with Crippen LogP contribution in [0.25, 0.3) is 0 Å². The Hall–Kier alpha value is -2.08. The second kappa shape index (κ2) is 16.0. The summed E-state index contributed by atoms with van der Waals surface area (Å²) in [5.74, 6) is 0.414. The average molecular weight is 617 g/mol. The van der Waals surface area contributed by atoms with Crippen molar-refractivity contribution in [3.05, 3.63) is 11.8 Å². The number of likely N-dealkylation sites (N-methyl/N-ethyl adjacent to an activating group) is 1. The maximum absolute atomic E-state index is 14.9. The number of hydrogen-bond donors (Lipinski definition) is 5. The van der Waals surface area contributed by atoms with Gasteiger partial charge in [0.15, 0.2) is 0 Å². The van der Waals surface area contributed by atoms with Gasteiger partial charge in [0.1, 0.15) is 6.17 Å². The van der Waals surface area contributed by atoms with Gasteiger partial charge in [-0.3, -0.25) is 14.6 Å².